The highest BCUT2D eigenvalue weighted by Crippen LogP contribution is 2.20. The monoisotopic (exact) mass is 317 g/mol. The molecule has 0 aliphatic carbocycles. The third kappa shape index (κ3) is 4.09. The Kier molecular flexibility index (Phi) is 5.36. The van der Waals surface area contributed by atoms with Crippen molar-refractivity contribution in [1.29, 1.82) is 0 Å². The summed E-state index contributed by atoms with van der Waals surface area (Å²) in [7, 11) is 0. The molecule has 0 aromatic heterocycles. The van der Waals surface area contributed by atoms with E-state index in [1.807, 2.05) is 37.9 Å². The molecule has 1 amide bonds. The minimum atomic E-state index is -1.01. The van der Waals surface area contributed by atoms with Crippen molar-refractivity contribution in [1.82, 2.24) is 5.32 Å². The van der Waals surface area contributed by atoms with Gasteiger partial charge in [-0.3, -0.25) is 9.80 Å². The Bertz CT molecular complexity index is 610. The lowest BCUT2D eigenvalue weighted by Gasteiger charge is -2.20. The second kappa shape index (κ2) is 7.26. The summed E-state index contributed by atoms with van der Waals surface area (Å²) in [6.45, 7) is 6.55. The van der Waals surface area contributed by atoms with Crippen molar-refractivity contribution in [2.45, 2.75) is 39.7 Å². The van der Waals surface area contributed by atoms with Crippen molar-refractivity contribution >= 4 is 23.3 Å². The molecule has 6 heteroatoms. The number of nitrogens with zero attached hydrogens (tertiary/aromatic N) is 2. The van der Waals surface area contributed by atoms with Crippen LogP contribution in [0.4, 0.5) is 5.69 Å². The largest absolute Gasteiger partial charge is 0.480 e. The lowest BCUT2D eigenvalue weighted by Crippen LogP contribution is -2.45. The van der Waals surface area contributed by atoms with E-state index in [4.69, 9.17) is 0 Å². The summed E-state index contributed by atoms with van der Waals surface area (Å²) in [6.07, 6.45) is 1.62. The number of carbonyl (C=O) groups is 2. The molecule has 23 heavy (non-hydrogen) atoms. The van der Waals surface area contributed by atoms with Gasteiger partial charge in [0.2, 0.25) is 0 Å². The number of carboxylic acid groups (broad SMARTS) is 1. The smallest absolute Gasteiger partial charge is 0.326 e. The summed E-state index contributed by atoms with van der Waals surface area (Å²) in [4.78, 5) is 23.5. The van der Waals surface area contributed by atoms with E-state index in [0.717, 1.165) is 24.4 Å². The van der Waals surface area contributed by atoms with Crippen LogP contribution in [-0.2, 0) is 4.79 Å². The van der Waals surface area contributed by atoms with Crippen LogP contribution in [0.5, 0.6) is 0 Å². The highest BCUT2D eigenvalue weighted by Gasteiger charge is 2.25. The minimum Gasteiger partial charge on any atom is -0.480 e. The maximum absolute atomic E-state index is 12.2. The molecule has 0 saturated heterocycles. The molecule has 0 radical (unpaired) electrons. The predicted octanol–water partition coefficient (Wildman–Crippen LogP) is 2.50. The summed E-state index contributed by atoms with van der Waals surface area (Å²) in [5, 5.41) is 18.2. The molecular weight excluding hydrogens is 294 g/mol. The Balaban J connectivity index is 2.06. The summed E-state index contributed by atoms with van der Waals surface area (Å²) < 4.78 is 0. The fraction of sp³-hybridized carbons (Fsp3) is 0.471. The molecule has 124 valence electrons. The average Bonchev–Trinajstić information content (AvgIpc) is 2.98. The maximum Gasteiger partial charge on any atom is 0.326 e. The van der Waals surface area contributed by atoms with Crippen molar-refractivity contribution in [3.8, 4) is 0 Å². The minimum absolute atomic E-state index is 0.127. The maximum atomic E-state index is 12.2. The molecule has 0 spiro atoms. The standard InChI is InChI=1S/C17H23N3O3/c1-4-11(2)15(17(22)23)18-16(21)13-5-7-14(8-6-13)20-10-9-12(3)19-20/h5-8,11,15H,4,9-10H2,1-3H3,(H,18,21)(H,22,23). The first kappa shape index (κ1) is 17.0. The van der Waals surface area contributed by atoms with E-state index in [-0.39, 0.29) is 11.8 Å². The Labute approximate surface area is 136 Å². The van der Waals surface area contributed by atoms with Crippen LogP contribution < -0.4 is 10.3 Å². The Morgan fingerprint density at radius 1 is 1.35 bits per heavy atom. The van der Waals surface area contributed by atoms with Crippen molar-refractivity contribution in [2.75, 3.05) is 11.6 Å². The van der Waals surface area contributed by atoms with Crippen molar-refractivity contribution in [3.05, 3.63) is 29.8 Å². The number of hydrogen-bond acceptors (Lipinski definition) is 4. The van der Waals surface area contributed by atoms with E-state index in [1.165, 1.54) is 0 Å². The number of carboxylic acids is 1. The molecule has 1 aromatic rings. The van der Waals surface area contributed by atoms with Crippen LogP contribution in [-0.4, -0.2) is 35.3 Å². The number of hydrogen-bond donors (Lipinski definition) is 2. The number of nitrogens with one attached hydrogen (secondary N) is 1. The summed E-state index contributed by atoms with van der Waals surface area (Å²) in [5.74, 6) is -1.51. The molecular formula is C17H23N3O3. The number of amides is 1. The van der Waals surface area contributed by atoms with E-state index >= 15 is 0 Å². The van der Waals surface area contributed by atoms with Crippen LogP contribution in [0.3, 0.4) is 0 Å². The van der Waals surface area contributed by atoms with Gasteiger partial charge in [-0.15, -0.1) is 0 Å². The average molecular weight is 317 g/mol. The van der Waals surface area contributed by atoms with Gasteiger partial charge >= 0.3 is 5.97 Å². The van der Waals surface area contributed by atoms with Gasteiger partial charge in [-0.25, -0.2) is 4.79 Å². The Hall–Kier alpha value is -2.37. The second-order valence-electron chi connectivity index (χ2n) is 5.93. The van der Waals surface area contributed by atoms with Crippen molar-refractivity contribution in [2.24, 2.45) is 11.0 Å². The fourth-order valence-corrected chi connectivity index (χ4v) is 2.45. The first-order valence-corrected chi connectivity index (χ1v) is 7.87. The van der Waals surface area contributed by atoms with Crippen LogP contribution in [0.2, 0.25) is 0 Å². The van der Waals surface area contributed by atoms with Gasteiger partial charge in [-0.1, -0.05) is 20.3 Å². The zero-order valence-corrected chi connectivity index (χ0v) is 13.7. The highest BCUT2D eigenvalue weighted by molar-refractivity contribution is 5.97. The summed E-state index contributed by atoms with van der Waals surface area (Å²) in [6, 6.07) is 6.18. The van der Waals surface area contributed by atoms with Crippen LogP contribution in [0.25, 0.3) is 0 Å². The van der Waals surface area contributed by atoms with Crippen LogP contribution in [0.1, 0.15) is 44.0 Å². The van der Waals surface area contributed by atoms with Gasteiger partial charge in [-0.2, -0.15) is 5.10 Å². The predicted molar refractivity (Wildman–Crippen MR) is 89.9 cm³/mol. The molecule has 2 N–H and O–H groups in total. The fourth-order valence-electron chi connectivity index (χ4n) is 2.45. The lowest BCUT2D eigenvalue weighted by molar-refractivity contribution is -0.140. The summed E-state index contributed by atoms with van der Waals surface area (Å²) >= 11 is 0. The Morgan fingerprint density at radius 3 is 2.48 bits per heavy atom. The third-order valence-electron chi connectivity index (χ3n) is 4.17. The number of hydrazone groups is 1. The molecule has 0 bridgehead atoms. The first-order chi connectivity index (χ1) is 10.9. The van der Waals surface area contributed by atoms with Gasteiger partial charge < -0.3 is 10.4 Å². The van der Waals surface area contributed by atoms with Crippen molar-refractivity contribution in [3.63, 3.8) is 0 Å². The van der Waals surface area contributed by atoms with Gasteiger partial charge in [0.1, 0.15) is 6.04 Å². The molecule has 1 aliphatic rings. The molecule has 0 fully saturated rings. The van der Waals surface area contributed by atoms with Gasteiger partial charge in [0.15, 0.2) is 0 Å². The first-order valence-electron chi connectivity index (χ1n) is 7.87. The van der Waals surface area contributed by atoms with Crippen LogP contribution in [0, 0.1) is 5.92 Å². The Morgan fingerprint density at radius 2 is 2.00 bits per heavy atom. The van der Waals surface area contributed by atoms with Crippen molar-refractivity contribution < 1.29 is 14.7 Å². The van der Waals surface area contributed by atoms with E-state index in [0.29, 0.717) is 12.0 Å². The SMILES string of the molecule is CCC(C)C(NC(=O)c1ccc(N2CCC(C)=N2)cc1)C(=O)O. The number of benzene rings is 1. The molecule has 1 aromatic carbocycles. The topological polar surface area (TPSA) is 82.0 Å². The number of anilines is 1. The molecule has 2 rings (SSSR count). The van der Waals surface area contributed by atoms with E-state index < -0.39 is 12.0 Å². The summed E-state index contributed by atoms with van der Waals surface area (Å²) in [5.41, 5.74) is 2.46. The van der Waals surface area contributed by atoms with Gasteiger partial charge in [0.25, 0.3) is 5.91 Å². The van der Waals surface area contributed by atoms with E-state index in [1.54, 1.807) is 12.1 Å². The molecule has 2 atom stereocenters. The highest BCUT2D eigenvalue weighted by atomic mass is 16.4. The number of aliphatic carboxylic acids is 1. The van der Waals surface area contributed by atoms with Gasteiger partial charge in [-0.05, 0) is 37.1 Å². The molecule has 6 nitrogen and oxygen atoms in total. The molecule has 1 aliphatic heterocycles. The quantitative estimate of drug-likeness (QED) is 0.844. The third-order valence-corrected chi connectivity index (χ3v) is 4.17. The van der Waals surface area contributed by atoms with E-state index in [2.05, 4.69) is 10.4 Å². The van der Waals surface area contributed by atoms with Gasteiger partial charge in [0, 0.05) is 24.2 Å². The normalized spacial score (nSPS) is 16.7. The lowest BCUT2D eigenvalue weighted by atomic mass is 9.99. The van der Waals surface area contributed by atoms with E-state index in [9.17, 15) is 14.7 Å². The second-order valence-corrected chi connectivity index (χ2v) is 5.93. The molecule has 1 heterocycles. The molecule has 0 saturated carbocycles. The zero-order chi connectivity index (χ0) is 17.0. The van der Waals surface area contributed by atoms with Crippen LogP contribution >= 0.6 is 0 Å². The molecule has 2 unspecified atom stereocenters. The van der Waals surface area contributed by atoms with Crippen LogP contribution in [0.15, 0.2) is 29.4 Å². The number of carbonyl (C=O) groups excluding carboxylic acids is 1. The number of rotatable bonds is 6. The zero-order valence-electron chi connectivity index (χ0n) is 13.7. The van der Waals surface area contributed by atoms with Gasteiger partial charge in [0.05, 0.1) is 5.69 Å².